The van der Waals surface area contributed by atoms with Crippen LogP contribution in [0.15, 0.2) is 42.6 Å². The molecule has 1 unspecified atom stereocenters. The van der Waals surface area contributed by atoms with Crippen LogP contribution in [-0.4, -0.2) is 33.0 Å². The molecule has 0 saturated heterocycles. The number of aryl methyl sites for hydroxylation is 1. The van der Waals surface area contributed by atoms with Gasteiger partial charge < -0.3 is 14.4 Å². The van der Waals surface area contributed by atoms with Crippen LogP contribution < -0.4 is 9.80 Å². The van der Waals surface area contributed by atoms with Gasteiger partial charge in [-0.15, -0.1) is 0 Å². The summed E-state index contributed by atoms with van der Waals surface area (Å²) >= 11 is 0. The normalized spacial score (nSPS) is 18.7. The summed E-state index contributed by atoms with van der Waals surface area (Å²) < 4.78 is 2.28. The molecule has 0 N–H and O–H groups in total. The molecule has 5 rings (SSSR count). The molecule has 2 aromatic heterocycles. The maximum Gasteiger partial charge on any atom is 0.177 e. The van der Waals surface area contributed by atoms with Gasteiger partial charge in [0.2, 0.25) is 0 Å². The van der Waals surface area contributed by atoms with Crippen molar-refractivity contribution in [1.29, 1.82) is 0 Å². The van der Waals surface area contributed by atoms with Gasteiger partial charge in [0.25, 0.3) is 0 Å². The molecule has 0 amide bonds. The van der Waals surface area contributed by atoms with E-state index < -0.39 is 0 Å². The lowest BCUT2D eigenvalue weighted by Gasteiger charge is -2.29. The number of carbonyl (C=O) groups excluding carboxylic acids is 1. The van der Waals surface area contributed by atoms with E-state index in [9.17, 15) is 4.79 Å². The molecule has 6 nitrogen and oxygen atoms in total. The predicted octanol–water partition coefficient (Wildman–Crippen LogP) is 3.99. The molecule has 1 saturated carbocycles. The van der Waals surface area contributed by atoms with Gasteiger partial charge in [0.1, 0.15) is 5.82 Å². The lowest BCUT2D eigenvalue weighted by Crippen LogP contribution is -2.45. The summed E-state index contributed by atoms with van der Waals surface area (Å²) in [5.41, 5.74) is 4.12. The third kappa shape index (κ3) is 3.16. The van der Waals surface area contributed by atoms with Crippen LogP contribution in [0, 0.1) is 5.92 Å². The van der Waals surface area contributed by atoms with Gasteiger partial charge >= 0.3 is 0 Å². The first kappa shape index (κ1) is 18.2. The molecule has 1 aromatic carbocycles. The number of fused-ring (bicyclic) bond motifs is 2. The van der Waals surface area contributed by atoms with Crippen LogP contribution in [0.4, 0.5) is 11.4 Å². The Hall–Kier alpha value is -2.89. The Morgan fingerprint density at radius 3 is 2.66 bits per heavy atom. The summed E-state index contributed by atoms with van der Waals surface area (Å²) in [4.78, 5) is 26.0. The topological polar surface area (TPSA) is 54.3 Å². The molecule has 0 bridgehead atoms. The largest absolute Gasteiger partial charge is 0.340 e. The highest BCUT2D eigenvalue weighted by Gasteiger charge is 2.43. The number of aldehydes is 1. The Morgan fingerprint density at radius 1 is 1.14 bits per heavy atom. The molecule has 1 aliphatic carbocycles. The number of carbonyl (C=O) groups is 1. The summed E-state index contributed by atoms with van der Waals surface area (Å²) in [6.45, 7) is 5.98. The number of hydrogen-bond donors (Lipinski definition) is 0. The Kier molecular flexibility index (Phi) is 4.49. The standard InChI is InChI=1S/C23H27N5O/c1-16(2)11-13-26-20-8-5-12-24-23(20)25-21(26)14-27-18-6-3-4-7-19(18)28(17-9-10-17)22(27)15-29/h3-8,12,15-17,22H,9-11,13-14H2,1-2H3. The fourth-order valence-corrected chi connectivity index (χ4v) is 4.36. The maximum atomic E-state index is 12.2. The third-order valence-electron chi connectivity index (χ3n) is 5.98. The van der Waals surface area contributed by atoms with Crippen molar-refractivity contribution in [2.24, 2.45) is 5.92 Å². The van der Waals surface area contributed by atoms with Crippen molar-refractivity contribution in [3.8, 4) is 0 Å². The van der Waals surface area contributed by atoms with E-state index in [0.29, 0.717) is 18.5 Å². The van der Waals surface area contributed by atoms with E-state index in [1.807, 2.05) is 12.1 Å². The minimum atomic E-state index is -0.272. The number of pyridine rings is 1. The molecule has 0 spiro atoms. The summed E-state index contributed by atoms with van der Waals surface area (Å²) in [6, 6.07) is 12.9. The molecule has 3 aromatic rings. The van der Waals surface area contributed by atoms with Gasteiger partial charge in [-0.1, -0.05) is 26.0 Å². The van der Waals surface area contributed by atoms with E-state index in [1.165, 1.54) is 0 Å². The van der Waals surface area contributed by atoms with Crippen LogP contribution >= 0.6 is 0 Å². The number of nitrogens with zero attached hydrogens (tertiary/aromatic N) is 5. The van der Waals surface area contributed by atoms with Crippen molar-refractivity contribution < 1.29 is 4.79 Å². The summed E-state index contributed by atoms with van der Waals surface area (Å²) in [7, 11) is 0. The summed E-state index contributed by atoms with van der Waals surface area (Å²) in [5, 5.41) is 0. The third-order valence-corrected chi connectivity index (χ3v) is 5.98. The zero-order valence-corrected chi connectivity index (χ0v) is 17.0. The van der Waals surface area contributed by atoms with Crippen LogP contribution in [0.2, 0.25) is 0 Å². The molecular weight excluding hydrogens is 362 g/mol. The lowest BCUT2D eigenvalue weighted by atomic mass is 10.1. The number of benzene rings is 1. The molecule has 1 atom stereocenters. The Morgan fingerprint density at radius 2 is 1.93 bits per heavy atom. The van der Waals surface area contributed by atoms with Gasteiger partial charge in [0.15, 0.2) is 18.1 Å². The number of anilines is 2. The van der Waals surface area contributed by atoms with Crippen LogP contribution in [0.1, 0.15) is 38.9 Å². The fraction of sp³-hybridized carbons (Fsp3) is 0.435. The van der Waals surface area contributed by atoms with E-state index in [1.54, 1.807) is 6.20 Å². The van der Waals surface area contributed by atoms with Crippen LogP contribution in [0.5, 0.6) is 0 Å². The van der Waals surface area contributed by atoms with E-state index in [-0.39, 0.29) is 6.17 Å². The van der Waals surface area contributed by atoms with Crippen molar-refractivity contribution in [2.75, 3.05) is 9.80 Å². The van der Waals surface area contributed by atoms with Gasteiger partial charge in [-0.3, -0.25) is 4.79 Å². The van der Waals surface area contributed by atoms with Gasteiger partial charge in [0, 0.05) is 18.8 Å². The summed E-state index contributed by atoms with van der Waals surface area (Å²) in [5.74, 6) is 1.58. The number of para-hydroxylation sites is 2. The van der Waals surface area contributed by atoms with Crippen molar-refractivity contribution >= 4 is 28.8 Å². The van der Waals surface area contributed by atoms with Crippen LogP contribution in [-0.2, 0) is 17.9 Å². The molecular formula is C23H27N5O. The van der Waals surface area contributed by atoms with E-state index >= 15 is 0 Å². The molecule has 29 heavy (non-hydrogen) atoms. The molecule has 6 heteroatoms. The van der Waals surface area contributed by atoms with Crippen LogP contribution in [0.25, 0.3) is 11.2 Å². The number of imidazole rings is 1. The predicted molar refractivity (Wildman–Crippen MR) is 115 cm³/mol. The van der Waals surface area contributed by atoms with Gasteiger partial charge in [-0.2, -0.15) is 0 Å². The van der Waals surface area contributed by atoms with Gasteiger partial charge in [-0.25, -0.2) is 9.97 Å². The van der Waals surface area contributed by atoms with Crippen molar-refractivity contribution in [1.82, 2.24) is 14.5 Å². The zero-order valence-electron chi connectivity index (χ0n) is 17.0. The number of hydrogen-bond acceptors (Lipinski definition) is 5. The molecule has 0 radical (unpaired) electrons. The second-order valence-corrected chi connectivity index (χ2v) is 8.51. The fourth-order valence-electron chi connectivity index (χ4n) is 4.36. The molecule has 1 fully saturated rings. The SMILES string of the molecule is CC(C)CCn1c(CN2c3ccccc3N(C3CC3)C2C=O)nc2ncccc21. The summed E-state index contributed by atoms with van der Waals surface area (Å²) in [6.07, 6.45) is 5.99. The van der Waals surface area contributed by atoms with Gasteiger partial charge in [-0.05, 0) is 49.4 Å². The molecule has 2 aliphatic rings. The Bertz CT molecular complexity index is 1040. The monoisotopic (exact) mass is 389 g/mol. The highest BCUT2D eigenvalue weighted by Crippen LogP contribution is 2.45. The highest BCUT2D eigenvalue weighted by atomic mass is 16.1. The molecule has 150 valence electrons. The maximum absolute atomic E-state index is 12.2. The Labute approximate surface area is 171 Å². The average molecular weight is 390 g/mol. The minimum absolute atomic E-state index is 0.272. The smallest absolute Gasteiger partial charge is 0.177 e. The quantitative estimate of drug-likeness (QED) is 0.572. The Balaban J connectivity index is 1.54. The van der Waals surface area contributed by atoms with Crippen molar-refractivity contribution in [3.05, 3.63) is 48.4 Å². The van der Waals surface area contributed by atoms with Crippen LogP contribution in [0.3, 0.4) is 0 Å². The van der Waals surface area contributed by atoms with E-state index in [0.717, 1.165) is 60.5 Å². The first-order valence-electron chi connectivity index (χ1n) is 10.6. The minimum Gasteiger partial charge on any atom is -0.340 e. The van der Waals surface area contributed by atoms with Crippen molar-refractivity contribution in [2.45, 2.75) is 58.4 Å². The van der Waals surface area contributed by atoms with E-state index in [4.69, 9.17) is 4.98 Å². The number of rotatable bonds is 7. The number of aromatic nitrogens is 3. The van der Waals surface area contributed by atoms with Crippen molar-refractivity contribution in [3.63, 3.8) is 0 Å². The van der Waals surface area contributed by atoms with E-state index in [2.05, 4.69) is 57.5 Å². The average Bonchev–Trinajstić information content (AvgIpc) is 3.43. The molecule has 3 heterocycles. The lowest BCUT2D eigenvalue weighted by molar-refractivity contribution is -0.108. The zero-order chi connectivity index (χ0) is 20.0. The van der Waals surface area contributed by atoms with Gasteiger partial charge in [0.05, 0.1) is 23.4 Å². The first-order valence-corrected chi connectivity index (χ1v) is 10.6. The second kappa shape index (κ2) is 7.17. The highest BCUT2D eigenvalue weighted by molar-refractivity contribution is 5.86. The molecule has 1 aliphatic heterocycles. The second-order valence-electron chi connectivity index (χ2n) is 8.51. The first-order chi connectivity index (χ1) is 14.2.